The lowest BCUT2D eigenvalue weighted by Gasteiger charge is -2.15. The van der Waals surface area contributed by atoms with E-state index in [1.807, 2.05) is 0 Å². The SMILES string of the molecule is CCCS(=O)(=O)C(C)C(=O)Nc1cccc(S(=O)(=O)C2CCCC2)c1. The molecule has 8 heteroatoms. The smallest absolute Gasteiger partial charge is 0.242 e. The van der Waals surface area contributed by atoms with Crippen LogP contribution in [-0.2, 0) is 24.5 Å². The average Bonchev–Trinajstić information content (AvgIpc) is 3.09. The summed E-state index contributed by atoms with van der Waals surface area (Å²) < 4.78 is 49.3. The summed E-state index contributed by atoms with van der Waals surface area (Å²) >= 11 is 0. The monoisotopic (exact) mass is 387 g/mol. The van der Waals surface area contributed by atoms with Crippen LogP contribution in [0.25, 0.3) is 0 Å². The minimum Gasteiger partial charge on any atom is -0.325 e. The Hall–Kier alpha value is -1.41. The van der Waals surface area contributed by atoms with Gasteiger partial charge in [0.05, 0.1) is 15.9 Å². The number of carbonyl (C=O) groups excluding carboxylic acids is 1. The Morgan fingerprint density at radius 3 is 2.44 bits per heavy atom. The van der Waals surface area contributed by atoms with Gasteiger partial charge in [-0.3, -0.25) is 4.79 Å². The topological polar surface area (TPSA) is 97.4 Å². The molecule has 1 saturated carbocycles. The number of hydrogen-bond donors (Lipinski definition) is 1. The summed E-state index contributed by atoms with van der Waals surface area (Å²) in [6.07, 6.45) is 3.58. The number of nitrogens with one attached hydrogen (secondary N) is 1. The standard InChI is InChI=1S/C17H25NO5S2/c1-3-11-24(20,21)13(2)17(19)18-14-7-6-10-16(12-14)25(22,23)15-8-4-5-9-15/h6-7,10,12-13,15H,3-5,8-9,11H2,1-2H3,(H,18,19). The van der Waals surface area contributed by atoms with E-state index in [2.05, 4.69) is 5.32 Å². The molecule has 140 valence electrons. The minimum atomic E-state index is -3.51. The molecule has 0 radical (unpaired) electrons. The first-order chi connectivity index (χ1) is 11.7. The van der Waals surface area contributed by atoms with Crippen LogP contribution in [0.2, 0.25) is 0 Å². The summed E-state index contributed by atoms with van der Waals surface area (Å²) in [5.41, 5.74) is 0.294. The van der Waals surface area contributed by atoms with Gasteiger partial charge in [0.15, 0.2) is 19.7 Å². The maximum atomic E-state index is 12.6. The third kappa shape index (κ3) is 4.61. The Balaban J connectivity index is 2.18. The van der Waals surface area contributed by atoms with Crippen molar-refractivity contribution in [1.82, 2.24) is 0 Å². The predicted molar refractivity (Wildman–Crippen MR) is 98.1 cm³/mol. The number of carbonyl (C=O) groups is 1. The van der Waals surface area contributed by atoms with Crippen molar-refractivity contribution < 1.29 is 21.6 Å². The first-order valence-corrected chi connectivity index (χ1v) is 11.8. The molecule has 25 heavy (non-hydrogen) atoms. The first kappa shape index (κ1) is 19.9. The van der Waals surface area contributed by atoms with Gasteiger partial charge in [0.1, 0.15) is 5.25 Å². The Bertz CT molecular complexity index is 824. The maximum absolute atomic E-state index is 12.6. The van der Waals surface area contributed by atoms with Gasteiger partial charge < -0.3 is 5.32 Å². The van der Waals surface area contributed by atoms with Gasteiger partial charge in [-0.1, -0.05) is 25.8 Å². The summed E-state index contributed by atoms with van der Waals surface area (Å²) in [4.78, 5) is 12.4. The van der Waals surface area contributed by atoms with E-state index in [4.69, 9.17) is 0 Å². The number of hydrogen-bond acceptors (Lipinski definition) is 5. The third-order valence-corrected chi connectivity index (χ3v) is 9.10. The summed E-state index contributed by atoms with van der Waals surface area (Å²) in [6.45, 7) is 3.08. The third-order valence-electron chi connectivity index (χ3n) is 4.57. The van der Waals surface area contributed by atoms with Crippen LogP contribution in [-0.4, -0.2) is 39.0 Å². The fourth-order valence-corrected chi connectivity index (χ4v) is 6.22. The normalized spacial score (nSPS) is 17.4. The highest BCUT2D eigenvalue weighted by Gasteiger charge is 2.31. The van der Waals surface area contributed by atoms with E-state index >= 15 is 0 Å². The highest BCUT2D eigenvalue weighted by Crippen LogP contribution is 2.30. The van der Waals surface area contributed by atoms with Crippen molar-refractivity contribution in [1.29, 1.82) is 0 Å². The summed E-state index contributed by atoms with van der Waals surface area (Å²) in [6, 6.07) is 6.04. The summed E-state index contributed by atoms with van der Waals surface area (Å²) in [7, 11) is -6.94. The van der Waals surface area contributed by atoms with Crippen LogP contribution in [0.1, 0.15) is 46.0 Å². The Labute approximate surface area is 149 Å². The molecule has 6 nitrogen and oxygen atoms in total. The molecule has 1 atom stereocenters. The first-order valence-electron chi connectivity index (χ1n) is 8.55. The molecule has 0 heterocycles. The van der Waals surface area contributed by atoms with E-state index in [0.717, 1.165) is 12.8 Å². The zero-order valence-electron chi connectivity index (χ0n) is 14.6. The molecular formula is C17H25NO5S2. The van der Waals surface area contributed by atoms with Gasteiger partial charge in [-0.15, -0.1) is 0 Å². The predicted octanol–water partition coefficient (Wildman–Crippen LogP) is 2.55. The Morgan fingerprint density at radius 1 is 1.20 bits per heavy atom. The molecule has 1 unspecified atom stereocenters. The largest absolute Gasteiger partial charge is 0.325 e. The fourth-order valence-electron chi connectivity index (χ4n) is 3.01. The second-order valence-corrected chi connectivity index (χ2v) is 11.1. The minimum absolute atomic E-state index is 0.0579. The number of amides is 1. The van der Waals surface area contributed by atoms with Gasteiger partial charge in [0.2, 0.25) is 5.91 Å². The van der Waals surface area contributed by atoms with Crippen LogP contribution in [0.3, 0.4) is 0 Å². The van der Waals surface area contributed by atoms with Crippen molar-refractivity contribution in [3.05, 3.63) is 24.3 Å². The molecular weight excluding hydrogens is 362 g/mol. The van der Waals surface area contributed by atoms with Crippen molar-refractivity contribution in [3.63, 3.8) is 0 Å². The molecule has 0 aliphatic heterocycles. The molecule has 1 amide bonds. The van der Waals surface area contributed by atoms with Crippen LogP contribution < -0.4 is 5.32 Å². The summed E-state index contributed by atoms with van der Waals surface area (Å²) in [5.74, 6) is -0.707. The van der Waals surface area contributed by atoms with Crippen molar-refractivity contribution in [2.45, 2.75) is 61.3 Å². The molecule has 1 N–H and O–H groups in total. The Morgan fingerprint density at radius 2 is 1.84 bits per heavy atom. The maximum Gasteiger partial charge on any atom is 0.242 e. The number of rotatable bonds is 7. The van der Waals surface area contributed by atoms with E-state index < -0.39 is 30.8 Å². The molecule has 1 aromatic rings. The van der Waals surface area contributed by atoms with Crippen LogP contribution in [0.5, 0.6) is 0 Å². The second kappa shape index (κ2) is 7.86. The number of anilines is 1. The Kier molecular flexibility index (Phi) is 6.26. The molecule has 0 bridgehead atoms. The number of benzene rings is 1. The molecule has 0 saturated heterocycles. The summed E-state index contributed by atoms with van der Waals surface area (Å²) in [5, 5.41) is 0.976. The molecule has 1 aromatic carbocycles. The zero-order valence-corrected chi connectivity index (χ0v) is 16.2. The van der Waals surface area contributed by atoms with Crippen molar-refractivity contribution in [2.24, 2.45) is 0 Å². The lowest BCUT2D eigenvalue weighted by Crippen LogP contribution is -2.34. The van der Waals surface area contributed by atoms with Gasteiger partial charge in [-0.25, -0.2) is 16.8 Å². The second-order valence-electron chi connectivity index (χ2n) is 6.48. The molecule has 2 rings (SSSR count). The van der Waals surface area contributed by atoms with Crippen LogP contribution in [0.4, 0.5) is 5.69 Å². The number of sulfone groups is 2. The van der Waals surface area contributed by atoms with Crippen LogP contribution in [0, 0.1) is 0 Å². The molecule has 0 spiro atoms. The highest BCUT2D eigenvalue weighted by atomic mass is 32.2. The molecule has 1 aliphatic carbocycles. The molecule has 1 fully saturated rings. The van der Waals surface area contributed by atoms with Gasteiger partial charge >= 0.3 is 0 Å². The quantitative estimate of drug-likeness (QED) is 0.775. The van der Waals surface area contributed by atoms with Crippen molar-refractivity contribution in [3.8, 4) is 0 Å². The van der Waals surface area contributed by atoms with Crippen molar-refractivity contribution >= 4 is 31.3 Å². The van der Waals surface area contributed by atoms with Crippen LogP contribution in [0.15, 0.2) is 29.2 Å². The van der Waals surface area contributed by atoms with Gasteiger partial charge in [0.25, 0.3) is 0 Å². The lowest BCUT2D eigenvalue weighted by atomic mass is 10.3. The average molecular weight is 388 g/mol. The van der Waals surface area contributed by atoms with Gasteiger partial charge in [-0.05, 0) is 44.4 Å². The van der Waals surface area contributed by atoms with E-state index in [1.165, 1.54) is 19.1 Å². The van der Waals surface area contributed by atoms with E-state index in [0.29, 0.717) is 24.9 Å². The van der Waals surface area contributed by atoms with Crippen LogP contribution >= 0.6 is 0 Å². The fraction of sp³-hybridized carbons (Fsp3) is 0.588. The lowest BCUT2D eigenvalue weighted by molar-refractivity contribution is -0.115. The van der Waals surface area contributed by atoms with E-state index in [1.54, 1.807) is 19.1 Å². The van der Waals surface area contributed by atoms with Crippen molar-refractivity contribution in [2.75, 3.05) is 11.1 Å². The van der Waals surface area contributed by atoms with E-state index in [-0.39, 0.29) is 15.9 Å². The highest BCUT2D eigenvalue weighted by molar-refractivity contribution is 7.92. The van der Waals surface area contributed by atoms with E-state index in [9.17, 15) is 21.6 Å². The zero-order chi connectivity index (χ0) is 18.7. The van der Waals surface area contributed by atoms with Gasteiger partial charge in [0, 0.05) is 5.69 Å². The molecule has 1 aliphatic rings. The molecule has 0 aromatic heterocycles. The van der Waals surface area contributed by atoms with Gasteiger partial charge in [-0.2, -0.15) is 0 Å².